The third kappa shape index (κ3) is 3.25. The third-order valence-electron chi connectivity index (χ3n) is 1.65. The van der Waals surface area contributed by atoms with E-state index in [9.17, 15) is 31.1 Å². The fourth-order valence-electron chi connectivity index (χ4n) is 0.988. The zero-order valence-corrected chi connectivity index (χ0v) is 8.13. The topological polar surface area (TPSA) is 59.4 Å². The Labute approximate surface area is 94.8 Å². The van der Waals surface area contributed by atoms with Crippen LogP contribution in [0.1, 0.15) is 22.3 Å². The molecule has 0 aromatic carbocycles. The maximum absolute atomic E-state index is 12.9. The first-order valence-corrected chi connectivity index (χ1v) is 4.09. The van der Waals surface area contributed by atoms with Crippen LogP contribution in [0.25, 0.3) is 0 Å². The average molecular weight is 275 g/mol. The summed E-state index contributed by atoms with van der Waals surface area (Å²) in [7, 11) is 0. The maximum Gasteiger partial charge on any atom is 0.574 e. The van der Waals surface area contributed by atoms with Crippen molar-refractivity contribution < 1.29 is 41.0 Å². The van der Waals surface area contributed by atoms with Gasteiger partial charge in [-0.3, -0.25) is 0 Å². The molecule has 0 fully saturated rings. The van der Waals surface area contributed by atoms with Crippen molar-refractivity contribution in [3.05, 3.63) is 23.1 Å². The lowest BCUT2D eigenvalue weighted by Gasteiger charge is -2.12. The summed E-state index contributed by atoms with van der Waals surface area (Å²) in [4.78, 5) is 12.8. The minimum Gasteiger partial charge on any atom is -0.478 e. The molecule has 18 heavy (non-hydrogen) atoms. The number of halogens is 6. The first kappa shape index (κ1) is 14.1. The largest absolute Gasteiger partial charge is 0.574 e. The number of carboxylic acid groups (broad SMARTS) is 1. The molecule has 1 aromatic heterocycles. The van der Waals surface area contributed by atoms with Gasteiger partial charge in [-0.1, -0.05) is 0 Å². The molecule has 0 atom stereocenters. The van der Waals surface area contributed by atoms with Crippen molar-refractivity contribution in [1.82, 2.24) is 4.98 Å². The summed E-state index contributed by atoms with van der Waals surface area (Å²) in [5, 5.41) is 8.41. The fourth-order valence-corrected chi connectivity index (χ4v) is 0.988. The Hall–Kier alpha value is -2.00. The Morgan fingerprint density at radius 2 is 1.94 bits per heavy atom. The van der Waals surface area contributed by atoms with Crippen molar-refractivity contribution in [1.29, 1.82) is 0 Å². The smallest absolute Gasteiger partial charge is 0.478 e. The molecule has 0 saturated carbocycles. The Bertz CT molecular complexity index is 473. The van der Waals surface area contributed by atoms with E-state index < -0.39 is 41.7 Å². The van der Waals surface area contributed by atoms with Gasteiger partial charge in [-0.25, -0.2) is 13.6 Å². The van der Waals surface area contributed by atoms with Crippen LogP contribution in [-0.2, 0) is 0 Å². The van der Waals surface area contributed by atoms with Gasteiger partial charge in [0.15, 0.2) is 0 Å². The first-order chi connectivity index (χ1) is 8.11. The van der Waals surface area contributed by atoms with Crippen LogP contribution >= 0.6 is 0 Å². The molecule has 1 N–H and O–H groups in total. The van der Waals surface area contributed by atoms with Crippen LogP contribution in [0, 0.1) is 5.95 Å². The highest BCUT2D eigenvalue weighted by Crippen LogP contribution is 2.32. The Kier molecular flexibility index (Phi) is 3.67. The van der Waals surface area contributed by atoms with Crippen molar-refractivity contribution >= 4 is 5.97 Å². The summed E-state index contributed by atoms with van der Waals surface area (Å²) in [6, 6.07) is 0.0381. The van der Waals surface area contributed by atoms with Gasteiger partial charge in [0.1, 0.15) is 5.56 Å². The Morgan fingerprint density at radius 1 is 1.39 bits per heavy atom. The zero-order chi connectivity index (χ0) is 14.1. The molecule has 0 saturated heterocycles. The molecular formula is C8H3F6NO3. The summed E-state index contributed by atoms with van der Waals surface area (Å²) >= 11 is 0. The van der Waals surface area contributed by atoms with E-state index in [2.05, 4.69) is 9.72 Å². The van der Waals surface area contributed by atoms with Gasteiger partial charge in [0.2, 0.25) is 11.8 Å². The van der Waals surface area contributed by atoms with Gasteiger partial charge in [-0.15, -0.1) is 13.2 Å². The lowest BCUT2D eigenvalue weighted by molar-refractivity contribution is -0.276. The van der Waals surface area contributed by atoms with Crippen LogP contribution in [0.3, 0.4) is 0 Å². The molecule has 0 spiro atoms. The number of hydrogen-bond acceptors (Lipinski definition) is 3. The van der Waals surface area contributed by atoms with Gasteiger partial charge < -0.3 is 9.84 Å². The predicted octanol–water partition coefficient (Wildman–Crippen LogP) is 2.76. The predicted molar refractivity (Wildman–Crippen MR) is 42.8 cm³/mol. The van der Waals surface area contributed by atoms with E-state index in [0.29, 0.717) is 0 Å². The molecule has 0 bridgehead atoms. The summed E-state index contributed by atoms with van der Waals surface area (Å²) < 4.78 is 76.3. The molecule has 0 unspecified atom stereocenters. The number of rotatable bonds is 3. The minimum absolute atomic E-state index is 0.0381. The molecule has 0 aliphatic rings. The molecule has 0 amide bonds. The van der Waals surface area contributed by atoms with E-state index in [1.807, 2.05) is 0 Å². The minimum atomic E-state index is -5.35. The summed E-state index contributed by atoms with van der Waals surface area (Å²) in [5.74, 6) is -5.52. The lowest BCUT2D eigenvalue weighted by Crippen LogP contribution is -2.20. The SMILES string of the molecule is O=C(O)c1cc(C(F)F)c(OC(F)(F)F)nc1F. The number of aromatic nitrogens is 1. The van der Waals surface area contributed by atoms with Gasteiger partial charge in [-0.2, -0.15) is 9.37 Å². The number of hydrogen-bond donors (Lipinski definition) is 1. The van der Waals surface area contributed by atoms with Gasteiger partial charge in [-0.05, 0) is 6.07 Å². The van der Waals surface area contributed by atoms with Crippen LogP contribution in [0.15, 0.2) is 6.07 Å². The second-order valence-corrected chi connectivity index (χ2v) is 2.87. The van der Waals surface area contributed by atoms with Crippen LogP contribution in [0.4, 0.5) is 26.3 Å². The quantitative estimate of drug-likeness (QED) is 0.680. The van der Waals surface area contributed by atoms with E-state index in [-0.39, 0.29) is 6.07 Å². The highest BCUT2D eigenvalue weighted by Gasteiger charge is 2.35. The van der Waals surface area contributed by atoms with Crippen molar-refractivity contribution in [2.45, 2.75) is 12.8 Å². The van der Waals surface area contributed by atoms with Crippen molar-refractivity contribution in [2.75, 3.05) is 0 Å². The lowest BCUT2D eigenvalue weighted by atomic mass is 10.2. The zero-order valence-electron chi connectivity index (χ0n) is 8.13. The number of ether oxygens (including phenoxy) is 1. The van der Waals surface area contributed by atoms with Gasteiger partial charge in [0.05, 0.1) is 5.56 Å². The van der Waals surface area contributed by atoms with Crippen molar-refractivity contribution in [3.8, 4) is 5.88 Å². The number of carboxylic acids is 1. The summed E-state index contributed by atoms with van der Waals surface area (Å²) in [6.45, 7) is 0. The summed E-state index contributed by atoms with van der Waals surface area (Å²) in [6.07, 6.45) is -8.86. The standard InChI is InChI=1S/C8H3F6NO3/c9-4(10)2-1-3(7(16)17)5(11)15-6(2)18-8(12,13)14/h1,4H,(H,16,17). The van der Waals surface area contributed by atoms with E-state index in [1.165, 1.54) is 0 Å². The Balaban J connectivity index is 3.34. The molecular weight excluding hydrogens is 272 g/mol. The third-order valence-corrected chi connectivity index (χ3v) is 1.65. The second kappa shape index (κ2) is 4.70. The number of alkyl halides is 5. The van der Waals surface area contributed by atoms with Crippen molar-refractivity contribution in [2.24, 2.45) is 0 Å². The molecule has 10 heteroatoms. The Morgan fingerprint density at radius 3 is 2.33 bits per heavy atom. The number of pyridine rings is 1. The average Bonchev–Trinajstić information content (AvgIpc) is 2.13. The number of nitrogens with zero attached hydrogens (tertiary/aromatic N) is 1. The highest BCUT2D eigenvalue weighted by molar-refractivity contribution is 5.87. The van der Waals surface area contributed by atoms with Gasteiger partial charge in [0.25, 0.3) is 6.43 Å². The maximum atomic E-state index is 12.9. The fraction of sp³-hybridized carbons (Fsp3) is 0.250. The van der Waals surface area contributed by atoms with Gasteiger partial charge >= 0.3 is 12.3 Å². The van der Waals surface area contributed by atoms with E-state index in [4.69, 9.17) is 5.11 Å². The van der Waals surface area contributed by atoms with E-state index in [0.717, 1.165) is 0 Å². The molecule has 0 aliphatic carbocycles. The molecule has 4 nitrogen and oxygen atoms in total. The van der Waals surface area contributed by atoms with E-state index in [1.54, 1.807) is 0 Å². The monoisotopic (exact) mass is 275 g/mol. The van der Waals surface area contributed by atoms with Gasteiger partial charge in [0, 0.05) is 0 Å². The van der Waals surface area contributed by atoms with E-state index >= 15 is 0 Å². The normalized spacial score (nSPS) is 11.7. The first-order valence-electron chi connectivity index (χ1n) is 4.09. The molecule has 100 valence electrons. The second-order valence-electron chi connectivity index (χ2n) is 2.87. The van der Waals surface area contributed by atoms with Crippen LogP contribution < -0.4 is 4.74 Å². The summed E-state index contributed by atoms with van der Waals surface area (Å²) in [5.41, 5.74) is -2.74. The van der Waals surface area contributed by atoms with Crippen molar-refractivity contribution in [3.63, 3.8) is 0 Å². The molecule has 1 rings (SSSR count). The number of aromatic carboxylic acids is 1. The molecule has 1 heterocycles. The molecule has 0 radical (unpaired) electrons. The number of carbonyl (C=O) groups is 1. The molecule has 0 aliphatic heterocycles. The highest BCUT2D eigenvalue weighted by atomic mass is 19.4. The van der Waals surface area contributed by atoms with Crippen LogP contribution in [-0.4, -0.2) is 22.4 Å². The van der Waals surface area contributed by atoms with Crippen LogP contribution in [0.5, 0.6) is 5.88 Å². The molecule has 1 aromatic rings. The van der Waals surface area contributed by atoms with Crippen LogP contribution in [0.2, 0.25) is 0 Å².